The zero-order valence-corrected chi connectivity index (χ0v) is 12.7. The normalized spacial score (nSPS) is 19.0. The number of thiophene rings is 1. The highest BCUT2D eigenvalue weighted by molar-refractivity contribution is 7.15. The molecule has 0 saturated carbocycles. The molecule has 1 N–H and O–H groups in total. The number of fused-ring (bicyclic) bond motifs is 2. The topological polar surface area (TPSA) is 57.8 Å². The van der Waals surface area contributed by atoms with Gasteiger partial charge in [0, 0.05) is 35.7 Å². The summed E-state index contributed by atoms with van der Waals surface area (Å²) in [6.45, 7) is 1.33. The summed E-state index contributed by atoms with van der Waals surface area (Å²) >= 11 is 3.24. The Hall–Kier alpha value is -1.70. The molecule has 0 amide bonds. The van der Waals surface area contributed by atoms with Gasteiger partial charge in [-0.05, 0) is 23.4 Å². The minimum atomic E-state index is -0.782. The van der Waals surface area contributed by atoms with Gasteiger partial charge >= 0.3 is 5.97 Å². The number of rotatable bonds is 3. The predicted octanol–water partition coefficient (Wildman–Crippen LogP) is 2.64. The number of imidazole rings is 1. The first kappa shape index (κ1) is 13.0. The second kappa shape index (κ2) is 4.94. The molecule has 0 aliphatic carbocycles. The Morgan fingerprint density at radius 2 is 2.33 bits per heavy atom. The van der Waals surface area contributed by atoms with E-state index in [1.165, 1.54) is 4.88 Å². The summed E-state index contributed by atoms with van der Waals surface area (Å²) in [4.78, 5) is 20.4. The molecule has 0 aromatic carbocycles. The number of carbonyl (C=O) groups is 1. The highest BCUT2D eigenvalue weighted by Crippen LogP contribution is 2.34. The average molecular weight is 319 g/mol. The fourth-order valence-corrected chi connectivity index (χ4v) is 4.51. The Labute approximate surface area is 129 Å². The van der Waals surface area contributed by atoms with E-state index in [0.717, 1.165) is 29.2 Å². The van der Waals surface area contributed by atoms with Crippen LogP contribution in [-0.2, 0) is 17.8 Å². The van der Waals surface area contributed by atoms with E-state index < -0.39 is 12.0 Å². The maximum Gasteiger partial charge on any atom is 0.325 e. The van der Waals surface area contributed by atoms with Crippen molar-refractivity contribution in [3.8, 4) is 0 Å². The van der Waals surface area contributed by atoms with Crippen LogP contribution in [0.1, 0.15) is 22.2 Å². The summed E-state index contributed by atoms with van der Waals surface area (Å²) < 4.78 is 1.98. The Kier molecular flexibility index (Phi) is 3.06. The van der Waals surface area contributed by atoms with Gasteiger partial charge in [-0.2, -0.15) is 0 Å². The lowest BCUT2D eigenvalue weighted by molar-refractivity contribution is -0.144. The van der Waals surface area contributed by atoms with Crippen LogP contribution >= 0.6 is 22.7 Å². The Balaban J connectivity index is 1.64. The maximum atomic E-state index is 11.7. The van der Waals surface area contributed by atoms with Gasteiger partial charge in [-0.3, -0.25) is 14.1 Å². The van der Waals surface area contributed by atoms with Gasteiger partial charge in [0.1, 0.15) is 6.04 Å². The molecule has 5 nitrogen and oxygen atoms in total. The molecule has 21 heavy (non-hydrogen) atoms. The minimum Gasteiger partial charge on any atom is -0.480 e. The molecule has 3 aromatic heterocycles. The van der Waals surface area contributed by atoms with Crippen LogP contribution < -0.4 is 0 Å². The second-order valence-electron chi connectivity index (χ2n) is 5.09. The fourth-order valence-electron chi connectivity index (χ4n) is 2.89. The van der Waals surface area contributed by atoms with Crippen LogP contribution in [-0.4, -0.2) is 31.9 Å². The molecule has 1 atom stereocenters. The molecule has 4 rings (SSSR count). The van der Waals surface area contributed by atoms with Gasteiger partial charge in [0.25, 0.3) is 0 Å². The van der Waals surface area contributed by atoms with Crippen LogP contribution in [0.2, 0.25) is 0 Å². The van der Waals surface area contributed by atoms with Crippen LogP contribution in [0, 0.1) is 0 Å². The number of hydrogen-bond acceptors (Lipinski definition) is 5. The highest BCUT2D eigenvalue weighted by atomic mass is 32.1. The molecule has 108 valence electrons. The van der Waals surface area contributed by atoms with Gasteiger partial charge < -0.3 is 5.11 Å². The summed E-state index contributed by atoms with van der Waals surface area (Å²) in [5, 5.41) is 13.6. The number of aliphatic carboxylic acids is 1. The van der Waals surface area contributed by atoms with E-state index in [-0.39, 0.29) is 0 Å². The zero-order chi connectivity index (χ0) is 14.4. The first-order chi connectivity index (χ1) is 10.2. The van der Waals surface area contributed by atoms with Crippen molar-refractivity contribution in [2.75, 3.05) is 6.54 Å². The molecular formula is C14H13N3O2S2. The van der Waals surface area contributed by atoms with Crippen molar-refractivity contribution in [1.82, 2.24) is 14.3 Å². The first-order valence-corrected chi connectivity index (χ1v) is 8.42. The van der Waals surface area contributed by atoms with Crippen molar-refractivity contribution < 1.29 is 9.90 Å². The molecule has 7 heteroatoms. The van der Waals surface area contributed by atoms with E-state index in [0.29, 0.717) is 6.54 Å². The number of carboxylic acid groups (broad SMARTS) is 1. The monoisotopic (exact) mass is 319 g/mol. The first-order valence-electron chi connectivity index (χ1n) is 6.66. The van der Waals surface area contributed by atoms with Gasteiger partial charge in [-0.15, -0.1) is 22.7 Å². The van der Waals surface area contributed by atoms with Gasteiger partial charge in [0.2, 0.25) is 0 Å². The van der Waals surface area contributed by atoms with Gasteiger partial charge in [0.05, 0.1) is 5.69 Å². The number of nitrogens with zero attached hydrogens (tertiary/aromatic N) is 3. The van der Waals surface area contributed by atoms with Gasteiger partial charge in [-0.1, -0.05) is 0 Å². The molecule has 4 heterocycles. The van der Waals surface area contributed by atoms with E-state index in [1.807, 2.05) is 38.5 Å². The molecule has 3 aromatic rings. The van der Waals surface area contributed by atoms with Gasteiger partial charge in [-0.25, -0.2) is 4.98 Å². The lowest BCUT2D eigenvalue weighted by Crippen LogP contribution is -2.38. The van der Waals surface area contributed by atoms with Crippen molar-refractivity contribution in [2.24, 2.45) is 0 Å². The van der Waals surface area contributed by atoms with Crippen LogP contribution in [0.5, 0.6) is 0 Å². The quantitative estimate of drug-likeness (QED) is 0.806. The van der Waals surface area contributed by atoms with Crippen molar-refractivity contribution in [1.29, 1.82) is 0 Å². The molecule has 0 spiro atoms. The average Bonchev–Trinajstić information content (AvgIpc) is 3.11. The molecule has 1 aliphatic rings. The van der Waals surface area contributed by atoms with Gasteiger partial charge in [0.15, 0.2) is 4.96 Å². The van der Waals surface area contributed by atoms with Crippen molar-refractivity contribution >= 4 is 33.6 Å². The SMILES string of the molecule is O=C(O)C1c2ccsc2CCN1Cc1cn2ccsc2n1. The van der Waals surface area contributed by atoms with E-state index >= 15 is 0 Å². The number of aromatic nitrogens is 2. The molecule has 0 saturated heterocycles. The maximum absolute atomic E-state index is 11.7. The summed E-state index contributed by atoms with van der Waals surface area (Å²) in [7, 11) is 0. The summed E-state index contributed by atoms with van der Waals surface area (Å²) in [6, 6.07) is 1.39. The molecule has 1 unspecified atom stereocenters. The fraction of sp³-hybridized carbons (Fsp3) is 0.286. The zero-order valence-electron chi connectivity index (χ0n) is 11.1. The van der Waals surface area contributed by atoms with Crippen molar-refractivity contribution in [2.45, 2.75) is 19.0 Å². The molecular weight excluding hydrogens is 306 g/mol. The summed E-state index contributed by atoms with van der Waals surface area (Å²) in [5.41, 5.74) is 1.87. The standard InChI is InChI=1S/C14H13N3O2S2/c18-13(19)12-10-2-5-20-11(10)1-3-16(12)7-9-8-17-4-6-21-14(17)15-9/h2,4-6,8,12H,1,3,7H2,(H,18,19). The van der Waals surface area contributed by atoms with Crippen LogP contribution in [0.3, 0.4) is 0 Å². The number of thiazole rings is 1. The second-order valence-corrected chi connectivity index (χ2v) is 6.96. The lowest BCUT2D eigenvalue weighted by Gasteiger charge is -2.32. The number of carboxylic acids is 1. The van der Waals surface area contributed by atoms with E-state index in [9.17, 15) is 9.90 Å². The summed E-state index contributed by atoms with van der Waals surface area (Å²) in [6.07, 6.45) is 4.87. The molecule has 0 fully saturated rings. The lowest BCUT2D eigenvalue weighted by atomic mass is 10.00. The molecule has 1 aliphatic heterocycles. The van der Waals surface area contributed by atoms with E-state index in [1.54, 1.807) is 22.7 Å². The third kappa shape index (κ3) is 2.17. The smallest absolute Gasteiger partial charge is 0.325 e. The van der Waals surface area contributed by atoms with E-state index in [4.69, 9.17) is 0 Å². The van der Waals surface area contributed by atoms with Crippen molar-refractivity contribution in [3.05, 3.63) is 45.4 Å². The Morgan fingerprint density at radius 1 is 1.43 bits per heavy atom. The van der Waals surface area contributed by atoms with Crippen LogP contribution in [0.4, 0.5) is 0 Å². The molecule has 0 radical (unpaired) electrons. The number of hydrogen-bond donors (Lipinski definition) is 1. The highest BCUT2D eigenvalue weighted by Gasteiger charge is 2.33. The molecule has 0 bridgehead atoms. The van der Waals surface area contributed by atoms with E-state index in [2.05, 4.69) is 4.98 Å². The van der Waals surface area contributed by atoms with Crippen LogP contribution in [0.15, 0.2) is 29.2 Å². The largest absolute Gasteiger partial charge is 0.480 e. The third-order valence-electron chi connectivity index (χ3n) is 3.81. The predicted molar refractivity (Wildman–Crippen MR) is 81.9 cm³/mol. The third-order valence-corrected chi connectivity index (χ3v) is 5.58. The Morgan fingerprint density at radius 3 is 3.14 bits per heavy atom. The Bertz CT molecular complexity index is 775. The van der Waals surface area contributed by atoms with Crippen molar-refractivity contribution in [3.63, 3.8) is 0 Å². The summed E-state index contributed by atoms with van der Waals surface area (Å²) in [5.74, 6) is -0.782. The van der Waals surface area contributed by atoms with Crippen LogP contribution in [0.25, 0.3) is 4.96 Å². The minimum absolute atomic E-state index is 0.556.